The van der Waals surface area contributed by atoms with Crippen LogP contribution in [0, 0.1) is 5.92 Å². The van der Waals surface area contributed by atoms with Crippen LogP contribution in [0.25, 0.3) is 0 Å². The van der Waals surface area contributed by atoms with E-state index in [9.17, 15) is 9.59 Å². The molecule has 0 saturated carbocycles. The first-order chi connectivity index (χ1) is 24.1. The van der Waals surface area contributed by atoms with E-state index in [4.69, 9.17) is 41.7 Å². The summed E-state index contributed by atoms with van der Waals surface area (Å²) < 4.78 is 22.2. The van der Waals surface area contributed by atoms with Gasteiger partial charge in [0.05, 0.1) is 23.9 Å². The number of esters is 1. The number of nitrogens with one attached hydrogen (secondary N) is 1. The molecule has 0 aliphatic rings. The van der Waals surface area contributed by atoms with Crippen LogP contribution >= 0.6 is 43.3 Å². The molecule has 1 N–H and O–H groups in total. The summed E-state index contributed by atoms with van der Waals surface area (Å²) in [6, 6.07) is 9.42. The molecule has 2 unspecified atom stereocenters. The number of carbonyl (C=O) groups excluding carboxylic acids is 2. The molecule has 2 atom stereocenters. The number of carbonyl (C=O) groups is 2. The predicted octanol–water partition coefficient (Wildman–Crippen LogP) is 8.99. The van der Waals surface area contributed by atoms with Crippen molar-refractivity contribution in [3.05, 3.63) is 99.6 Å². The van der Waals surface area contributed by atoms with E-state index in [1.807, 2.05) is 43.3 Å². The summed E-state index contributed by atoms with van der Waals surface area (Å²) in [5.74, 6) is 0.632. The van der Waals surface area contributed by atoms with Gasteiger partial charge in [0.1, 0.15) is 12.4 Å². The van der Waals surface area contributed by atoms with E-state index in [2.05, 4.69) is 60.6 Å². The second-order valence-electron chi connectivity index (χ2n) is 10.8. The Morgan fingerprint density at radius 1 is 1.20 bits per heavy atom. The highest BCUT2D eigenvalue weighted by atomic mass is 35.5. The van der Waals surface area contributed by atoms with Gasteiger partial charge in [-0.15, -0.1) is 11.6 Å². The first-order valence-corrected chi connectivity index (χ1v) is 19.5. The molecule has 0 heterocycles. The van der Waals surface area contributed by atoms with Crippen molar-refractivity contribution in [3.63, 3.8) is 0 Å². The molecule has 13 heteroatoms. The lowest BCUT2D eigenvalue weighted by atomic mass is 10.1. The fourth-order valence-corrected chi connectivity index (χ4v) is 7.21. The Balaban J connectivity index is 3.01. The zero-order chi connectivity index (χ0) is 37.1. The largest absolute Gasteiger partial charge is 0.466 e. The van der Waals surface area contributed by atoms with Gasteiger partial charge >= 0.3 is 5.97 Å². The molecule has 0 aliphatic carbocycles. The number of halogens is 2. The summed E-state index contributed by atoms with van der Waals surface area (Å²) in [7, 11) is -1.38. The predicted molar refractivity (Wildman–Crippen MR) is 212 cm³/mol. The van der Waals surface area contributed by atoms with Crippen LogP contribution in [0.4, 0.5) is 0 Å². The van der Waals surface area contributed by atoms with Gasteiger partial charge in [0, 0.05) is 35.1 Å². The van der Waals surface area contributed by atoms with E-state index < -0.39 is 20.4 Å². The number of rotatable bonds is 27. The van der Waals surface area contributed by atoms with Gasteiger partial charge in [-0.1, -0.05) is 92.4 Å². The van der Waals surface area contributed by atoms with Crippen molar-refractivity contribution in [2.24, 2.45) is 10.9 Å². The van der Waals surface area contributed by atoms with Gasteiger partial charge in [-0.2, -0.15) is 0 Å². The molecule has 1 rings (SSSR count). The number of aliphatic imine (C=N–C) groups is 1. The Morgan fingerprint density at radius 2 is 1.94 bits per heavy atom. The van der Waals surface area contributed by atoms with E-state index >= 15 is 0 Å². The minimum Gasteiger partial charge on any atom is -0.466 e. The average molecular weight is 769 g/mol. The second kappa shape index (κ2) is 27.8. The maximum Gasteiger partial charge on any atom is 0.335 e. The fourth-order valence-electron chi connectivity index (χ4n) is 4.13. The molecular formula is C37H52Cl2N3O6PS. The molecule has 0 fully saturated rings. The van der Waals surface area contributed by atoms with Crippen LogP contribution in [0.2, 0.25) is 0 Å². The summed E-state index contributed by atoms with van der Waals surface area (Å²) in [6.07, 6.45) is 12.1. The first kappa shape index (κ1) is 45.2. The molecule has 0 spiro atoms. The van der Waals surface area contributed by atoms with Crippen molar-refractivity contribution in [1.82, 2.24) is 10.2 Å². The number of nitrogens with zero attached hydrogens (tertiary/aromatic N) is 2. The highest BCUT2D eigenvalue weighted by Crippen LogP contribution is 2.40. The molecule has 0 bridgehead atoms. The Kier molecular flexibility index (Phi) is 25.1. The zero-order valence-corrected chi connectivity index (χ0v) is 33.0. The number of ether oxygens (including phenoxy) is 2. The lowest BCUT2D eigenvalue weighted by molar-refractivity contribution is -0.150. The molecule has 0 aliphatic heterocycles. The lowest BCUT2D eigenvalue weighted by Crippen LogP contribution is -2.29. The van der Waals surface area contributed by atoms with Crippen LogP contribution < -0.4 is 9.84 Å². The van der Waals surface area contributed by atoms with Crippen LogP contribution in [-0.2, 0) is 23.6 Å². The quantitative estimate of drug-likeness (QED) is 0.0179. The normalized spacial score (nSPS) is 14.2. The topological polar surface area (TPSA) is 98.7 Å². The van der Waals surface area contributed by atoms with Crippen molar-refractivity contribution in [2.45, 2.75) is 47.1 Å². The molecule has 0 radical (unpaired) electrons. The number of hydrogen-bond donors (Lipinski definition) is 1. The highest BCUT2D eigenvalue weighted by Gasteiger charge is 2.23. The summed E-state index contributed by atoms with van der Waals surface area (Å²) in [5.41, 5.74) is 1.86. The van der Waals surface area contributed by atoms with Crippen LogP contribution in [0.1, 0.15) is 41.0 Å². The number of benzene rings is 1. The number of para-hydroxylation sites is 1. The Hall–Kier alpha value is -2.85. The highest BCUT2D eigenvalue weighted by molar-refractivity contribution is 8.06. The maximum absolute atomic E-state index is 12.2. The van der Waals surface area contributed by atoms with Crippen molar-refractivity contribution in [3.8, 4) is 5.75 Å². The van der Waals surface area contributed by atoms with Crippen molar-refractivity contribution in [1.29, 1.82) is 0 Å². The molecule has 9 nitrogen and oxygen atoms in total. The van der Waals surface area contributed by atoms with E-state index in [-0.39, 0.29) is 12.5 Å². The van der Waals surface area contributed by atoms with Crippen molar-refractivity contribution in [2.75, 3.05) is 51.4 Å². The smallest absolute Gasteiger partial charge is 0.335 e. The third-order valence-corrected chi connectivity index (χ3v) is 9.77. The minimum absolute atomic E-state index is 0.0640. The van der Waals surface area contributed by atoms with E-state index in [0.717, 1.165) is 34.2 Å². The van der Waals surface area contributed by atoms with Gasteiger partial charge in [0.2, 0.25) is 8.38 Å². The third-order valence-electron chi connectivity index (χ3n) is 6.62. The Morgan fingerprint density at radius 3 is 2.54 bits per heavy atom. The van der Waals surface area contributed by atoms with Gasteiger partial charge in [-0.3, -0.25) is 9.79 Å². The van der Waals surface area contributed by atoms with Crippen LogP contribution in [0.15, 0.2) is 105 Å². The fraction of sp³-hybridized carbons (Fsp3) is 0.432. The SMILES string of the molecule is C=C/C(Cl)=C\C(=C/CCl)S/C(=C(/N=C)C(C)C)N(CCOC=O)CC(/C=C\CCNCCP(Oc1ccccc1)OC(C)C(=O)OCC)=C/C. The van der Waals surface area contributed by atoms with Gasteiger partial charge in [0.25, 0.3) is 6.47 Å². The summed E-state index contributed by atoms with van der Waals surface area (Å²) in [6.45, 7) is 20.4. The summed E-state index contributed by atoms with van der Waals surface area (Å²) >= 11 is 13.9. The molecule has 1 aromatic carbocycles. The summed E-state index contributed by atoms with van der Waals surface area (Å²) in [4.78, 5) is 30.5. The number of allylic oxidation sites excluding steroid dienone is 6. The van der Waals surface area contributed by atoms with Gasteiger partial charge in [0.15, 0.2) is 6.10 Å². The standard InChI is InChI=1S/C37H52Cl2N3O6PS/c1-8-31(16-14-15-21-41-22-25-49(47-30(6)37(44)46-10-3)48-33-17-12-11-13-18-33)27-42(23-24-45-28-43)36(35(40-7)29(4)5)50-34(19-20-38)26-32(39)9-2/h8-9,11-14,16-19,26,28-30,41H,2,7,10,15,20-25,27H2,1,3-6H3/b16-14-,31-8+,32-26+,34-19+,36-35+. The van der Waals surface area contributed by atoms with E-state index in [1.165, 1.54) is 11.8 Å². The van der Waals surface area contributed by atoms with Crippen molar-refractivity contribution >= 4 is 62.5 Å². The molecule has 0 saturated heterocycles. The second-order valence-corrected chi connectivity index (χ2v) is 14.1. The van der Waals surface area contributed by atoms with Crippen molar-refractivity contribution < 1.29 is 28.1 Å². The van der Waals surface area contributed by atoms with E-state index in [1.54, 1.807) is 26.0 Å². The number of alkyl halides is 1. The zero-order valence-electron chi connectivity index (χ0n) is 29.8. The summed E-state index contributed by atoms with van der Waals surface area (Å²) in [5, 5.41) is 4.78. The first-order valence-electron chi connectivity index (χ1n) is 16.4. The molecule has 0 amide bonds. The minimum atomic E-state index is -1.38. The van der Waals surface area contributed by atoms with Crippen LogP contribution in [-0.4, -0.2) is 81.6 Å². The maximum atomic E-state index is 12.2. The third kappa shape index (κ3) is 18.9. The molecular weight excluding hydrogens is 716 g/mol. The average Bonchev–Trinajstić information content (AvgIpc) is 3.10. The monoisotopic (exact) mass is 767 g/mol. The van der Waals surface area contributed by atoms with Crippen LogP contribution in [0.5, 0.6) is 5.75 Å². The Bertz CT molecular complexity index is 1340. The number of hydrogen-bond acceptors (Lipinski definition) is 10. The van der Waals surface area contributed by atoms with Crippen LogP contribution in [0.3, 0.4) is 0 Å². The molecule has 0 aromatic heterocycles. The van der Waals surface area contributed by atoms with E-state index in [0.29, 0.717) is 55.5 Å². The van der Waals surface area contributed by atoms with Gasteiger partial charge in [-0.05, 0) is 70.2 Å². The van der Waals surface area contributed by atoms with Gasteiger partial charge < -0.3 is 28.7 Å². The molecule has 50 heavy (non-hydrogen) atoms. The molecule has 1 aromatic rings. The lowest BCUT2D eigenvalue weighted by Gasteiger charge is -2.30. The number of thioether (sulfide) groups is 1. The molecule has 276 valence electrons. The van der Waals surface area contributed by atoms with Gasteiger partial charge in [-0.25, -0.2) is 4.79 Å². The Labute approximate surface area is 314 Å².